The van der Waals surface area contributed by atoms with E-state index in [-0.39, 0.29) is 5.91 Å². The lowest BCUT2D eigenvalue weighted by Crippen LogP contribution is -2.47. The summed E-state index contributed by atoms with van der Waals surface area (Å²) in [6.07, 6.45) is 4.94. The van der Waals surface area contributed by atoms with Crippen LogP contribution in [0.5, 0.6) is 0 Å². The summed E-state index contributed by atoms with van der Waals surface area (Å²) in [5, 5.41) is 0.521. The maximum absolute atomic E-state index is 12.2. The zero-order chi connectivity index (χ0) is 13.8. The van der Waals surface area contributed by atoms with Crippen molar-refractivity contribution in [1.29, 1.82) is 0 Å². The molecule has 1 aromatic rings. The van der Waals surface area contributed by atoms with E-state index in [4.69, 9.17) is 11.6 Å². The molecule has 1 unspecified atom stereocenters. The van der Waals surface area contributed by atoms with Crippen molar-refractivity contribution >= 4 is 17.5 Å². The fraction of sp³-hybridized carbons (Fsp3) is 0.692. The van der Waals surface area contributed by atoms with Crippen LogP contribution in [0.4, 0.5) is 0 Å². The zero-order valence-electron chi connectivity index (χ0n) is 11.5. The largest absolute Gasteiger partial charge is 0.341 e. The molecule has 5 nitrogen and oxygen atoms in total. The molecule has 19 heavy (non-hydrogen) atoms. The second-order valence-electron chi connectivity index (χ2n) is 5.28. The number of likely N-dealkylation sites (N-methyl/N-ethyl adjacent to an activating group) is 1. The predicted octanol–water partition coefficient (Wildman–Crippen LogP) is 1.55. The highest BCUT2D eigenvalue weighted by molar-refractivity contribution is 6.29. The van der Waals surface area contributed by atoms with E-state index >= 15 is 0 Å². The standard InChI is InChI=1S/C13H21ClN4O/c1-17(2)10-4-3-7-18(9-10)13(19)6-5-12-15-8-11(14)16-12/h8,10H,3-7,9H2,1-2H3,(H,15,16). The minimum atomic E-state index is 0.207. The van der Waals surface area contributed by atoms with Crippen molar-refractivity contribution in [3.8, 4) is 0 Å². The van der Waals surface area contributed by atoms with Gasteiger partial charge in [-0.25, -0.2) is 4.98 Å². The van der Waals surface area contributed by atoms with Gasteiger partial charge in [0.05, 0.1) is 6.20 Å². The Morgan fingerprint density at radius 3 is 3.05 bits per heavy atom. The number of nitrogens with one attached hydrogen (secondary N) is 1. The fourth-order valence-corrected chi connectivity index (χ4v) is 2.61. The lowest BCUT2D eigenvalue weighted by atomic mass is 10.0. The van der Waals surface area contributed by atoms with Crippen molar-refractivity contribution in [3.63, 3.8) is 0 Å². The van der Waals surface area contributed by atoms with Crippen molar-refractivity contribution in [2.24, 2.45) is 0 Å². The molecule has 106 valence electrons. The number of rotatable bonds is 4. The number of H-pyrrole nitrogens is 1. The quantitative estimate of drug-likeness (QED) is 0.913. The number of imidazole rings is 1. The van der Waals surface area contributed by atoms with Crippen LogP contribution in [0.25, 0.3) is 0 Å². The van der Waals surface area contributed by atoms with Crippen LogP contribution in [-0.2, 0) is 11.2 Å². The topological polar surface area (TPSA) is 52.2 Å². The third-order valence-corrected chi connectivity index (χ3v) is 3.84. The molecule has 1 atom stereocenters. The third-order valence-electron chi connectivity index (χ3n) is 3.65. The van der Waals surface area contributed by atoms with Crippen molar-refractivity contribution in [1.82, 2.24) is 19.8 Å². The van der Waals surface area contributed by atoms with E-state index in [2.05, 4.69) is 29.0 Å². The average Bonchev–Trinajstić information content (AvgIpc) is 2.82. The number of hydrogen-bond acceptors (Lipinski definition) is 3. The first-order valence-corrected chi connectivity index (χ1v) is 7.07. The molecule has 1 aromatic heterocycles. The van der Waals surface area contributed by atoms with Crippen LogP contribution in [-0.4, -0.2) is 58.9 Å². The molecular formula is C13H21ClN4O. The lowest BCUT2D eigenvalue weighted by molar-refractivity contribution is -0.133. The minimum Gasteiger partial charge on any atom is -0.341 e. The van der Waals surface area contributed by atoms with E-state index in [1.165, 1.54) is 6.42 Å². The predicted molar refractivity (Wildman–Crippen MR) is 75.2 cm³/mol. The summed E-state index contributed by atoms with van der Waals surface area (Å²) in [6, 6.07) is 0.482. The van der Waals surface area contributed by atoms with Gasteiger partial charge < -0.3 is 14.8 Å². The van der Waals surface area contributed by atoms with Crippen molar-refractivity contribution in [2.45, 2.75) is 31.7 Å². The molecule has 2 rings (SSSR count). The Labute approximate surface area is 118 Å². The number of likely N-dealkylation sites (tertiary alicyclic amines) is 1. The van der Waals surface area contributed by atoms with E-state index in [0.29, 0.717) is 24.0 Å². The van der Waals surface area contributed by atoms with Gasteiger partial charge in [-0.1, -0.05) is 11.6 Å². The first-order chi connectivity index (χ1) is 9.06. The molecule has 1 amide bonds. The maximum Gasteiger partial charge on any atom is 0.223 e. The number of piperidine rings is 1. The van der Waals surface area contributed by atoms with Crippen LogP contribution in [0, 0.1) is 0 Å². The monoisotopic (exact) mass is 284 g/mol. The summed E-state index contributed by atoms with van der Waals surface area (Å²) in [6.45, 7) is 1.72. The number of aromatic amines is 1. The van der Waals surface area contributed by atoms with E-state index in [1.807, 2.05) is 4.90 Å². The molecule has 0 aliphatic carbocycles. The minimum absolute atomic E-state index is 0.207. The molecule has 1 aliphatic rings. The van der Waals surface area contributed by atoms with E-state index in [0.717, 1.165) is 25.3 Å². The van der Waals surface area contributed by atoms with Gasteiger partial charge >= 0.3 is 0 Å². The molecule has 0 aromatic carbocycles. The van der Waals surface area contributed by atoms with Gasteiger partial charge in [-0.2, -0.15) is 0 Å². The van der Waals surface area contributed by atoms with Gasteiger partial charge in [0.1, 0.15) is 11.0 Å². The van der Waals surface area contributed by atoms with Gasteiger partial charge in [-0.15, -0.1) is 0 Å². The molecule has 0 bridgehead atoms. The van der Waals surface area contributed by atoms with Crippen molar-refractivity contribution < 1.29 is 4.79 Å². The smallest absolute Gasteiger partial charge is 0.223 e. The first-order valence-electron chi connectivity index (χ1n) is 6.70. The van der Waals surface area contributed by atoms with Gasteiger partial charge in [0.15, 0.2) is 0 Å². The third kappa shape index (κ3) is 3.94. The summed E-state index contributed by atoms with van der Waals surface area (Å²) in [5.74, 6) is 0.985. The van der Waals surface area contributed by atoms with Crippen molar-refractivity contribution in [2.75, 3.05) is 27.2 Å². The summed E-state index contributed by atoms with van der Waals surface area (Å²) in [5.41, 5.74) is 0. The number of carbonyl (C=O) groups is 1. The average molecular weight is 285 g/mol. The Morgan fingerprint density at radius 2 is 2.42 bits per heavy atom. The summed E-state index contributed by atoms with van der Waals surface area (Å²) < 4.78 is 0. The number of aromatic nitrogens is 2. The second kappa shape index (κ2) is 6.39. The van der Waals surface area contributed by atoms with Crippen LogP contribution >= 0.6 is 11.6 Å². The van der Waals surface area contributed by atoms with Gasteiger partial charge in [-0.05, 0) is 26.9 Å². The number of nitrogens with zero attached hydrogens (tertiary/aromatic N) is 3. The van der Waals surface area contributed by atoms with Gasteiger partial charge in [0.2, 0.25) is 5.91 Å². The highest BCUT2D eigenvalue weighted by Crippen LogP contribution is 2.15. The zero-order valence-corrected chi connectivity index (χ0v) is 12.3. The van der Waals surface area contributed by atoms with Crippen LogP contribution in [0.3, 0.4) is 0 Å². The maximum atomic E-state index is 12.2. The Kier molecular flexibility index (Phi) is 4.82. The van der Waals surface area contributed by atoms with E-state index < -0.39 is 0 Å². The Morgan fingerprint density at radius 1 is 1.63 bits per heavy atom. The second-order valence-corrected chi connectivity index (χ2v) is 5.68. The number of amides is 1. The van der Waals surface area contributed by atoms with E-state index in [9.17, 15) is 4.79 Å². The Hall–Kier alpha value is -1.07. The van der Waals surface area contributed by atoms with Gasteiger partial charge in [0.25, 0.3) is 0 Å². The van der Waals surface area contributed by atoms with Crippen LogP contribution in [0.2, 0.25) is 5.15 Å². The molecule has 6 heteroatoms. The summed E-state index contributed by atoms with van der Waals surface area (Å²) in [4.78, 5) is 23.4. The molecule has 1 saturated heterocycles. The summed E-state index contributed by atoms with van der Waals surface area (Å²) >= 11 is 5.76. The van der Waals surface area contributed by atoms with Crippen LogP contribution in [0.1, 0.15) is 25.1 Å². The molecular weight excluding hydrogens is 264 g/mol. The molecule has 1 aliphatic heterocycles. The van der Waals surface area contributed by atoms with Crippen molar-refractivity contribution in [3.05, 3.63) is 17.2 Å². The number of aryl methyl sites for hydroxylation is 1. The summed E-state index contributed by atoms with van der Waals surface area (Å²) in [7, 11) is 4.15. The van der Waals surface area contributed by atoms with E-state index in [1.54, 1.807) is 6.20 Å². The highest BCUT2D eigenvalue weighted by Gasteiger charge is 2.24. The molecule has 1 N–H and O–H groups in total. The lowest BCUT2D eigenvalue weighted by Gasteiger charge is -2.36. The molecule has 2 heterocycles. The Bertz CT molecular complexity index is 432. The SMILES string of the molecule is CN(C)C1CCCN(C(=O)CCc2ncc(Cl)[nH]2)C1. The van der Waals surface area contributed by atoms with Crippen LogP contribution in [0.15, 0.2) is 6.20 Å². The molecule has 0 saturated carbocycles. The Balaban J connectivity index is 1.82. The van der Waals surface area contributed by atoms with Crippen LogP contribution < -0.4 is 0 Å². The fourth-order valence-electron chi connectivity index (χ4n) is 2.45. The highest BCUT2D eigenvalue weighted by atomic mass is 35.5. The number of hydrogen-bond donors (Lipinski definition) is 1. The normalized spacial score (nSPS) is 20.0. The molecule has 0 spiro atoms. The van der Waals surface area contributed by atoms with Gasteiger partial charge in [-0.3, -0.25) is 4.79 Å². The molecule has 0 radical (unpaired) electrons. The first kappa shape index (κ1) is 14.3. The molecule has 1 fully saturated rings. The number of carbonyl (C=O) groups excluding carboxylic acids is 1. The number of halogens is 1. The van der Waals surface area contributed by atoms with Gasteiger partial charge in [0, 0.05) is 32.0 Å².